The summed E-state index contributed by atoms with van der Waals surface area (Å²) in [4.78, 5) is 2.22. The van der Waals surface area contributed by atoms with Crippen LogP contribution < -0.4 is 10.5 Å². The molecule has 0 aromatic heterocycles. The third-order valence-corrected chi connectivity index (χ3v) is 3.32. The number of nitrogens with zero attached hydrogens (tertiary/aromatic N) is 1. The van der Waals surface area contributed by atoms with Crippen LogP contribution in [0.5, 0.6) is 5.75 Å². The van der Waals surface area contributed by atoms with Gasteiger partial charge in [-0.3, -0.25) is 0 Å². The zero-order chi connectivity index (χ0) is 13.7. The van der Waals surface area contributed by atoms with Crippen molar-refractivity contribution in [2.75, 3.05) is 27.7 Å². The minimum Gasteiger partial charge on any atom is -0.496 e. The Morgan fingerprint density at radius 2 is 1.94 bits per heavy atom. The van der Waals surface area contributed by atoms with Crippen LogP contribution in [0, 0.1) is 0 Å². The summed E-state index contributed by atoms with van der Waals surface area (Å²) in [5, 5.41) is 0. The average Bonchev–Trinajstić information content (AvgIpc) is 2.34. The van der Waals surface area contributed by atoms with Gasteiger partial charge in [-0.25, -0.2) is 0 Å². The fraction of sp³-hybridized carbons (Fsp3) is 0.600. The van der Waals surface area contributed by atoms with Gasteiger partial charge in [0.15, 0.2) is 0 Å². The van der Waals surface area contributed by atoms with E-state index in [4.69, 9.17) is 10.5 Å². The number of ether oxygens (including phenoxy) is 1. The Kier molecular flexibility index (Phi) is 5.63. The summed E-state index contributed by atoms with van der Waals surface area (Å²) in [6.07, 6.45) is 0.969. The fourth-order valence-electron chi connectivity index (χ4n) is 2.29. The largest absolute Gasteiger partial charge is 0.496 e. The Morgan fingerprint density at radius 1 is 1.28 bits per heavy atom. The Bertz CT molecular complexity index is 375. The molecule has 0 saturated carbocycles. The molecule has 0 aliphatic heterocycles. The Labute approximate surface area is 111 Å². The lowest BCUT2D eigenvalue weighted by molar-refractivity contribution is 0.286. The maximum absolute atomic E-state index is 5.71. The second kappa shape index (κ2) is 6.76. The van der Waals surface area contributed by atoms with Crippen molar-refractivity contribution in [2.45, 2.75) is 32.2 Å². The van der Waals surface area contributed by atoms with Crippen molar-refractivity contribution in [2.24, 2.45) is 5.73 Å². The zero-order valence-electron chi connectivity index (χ0n) is 12.2. The molecule has 0 aliphatic rings. The topological polar surface area (TPSA) is 38.5 Å². The van der Waals surface area contributed by atoms with Crippen LogP contribution in [0.2, 0.25) is 0 Å². The van der Waals surface area contributed by atoms with Gasteiger partial charge in [-0.15, -0.1) is 0 Å². The molecular weight excluding hydrogens is 224 g/mol. The van der Waals surface area contributed by atoms with E-state index in [-0.39, 0.29) is 0 Å². The molecule has 1 unspecified atom stereocenters. The van der Waals surface area contributed by atoms with Crippen LogP contribution in [0.15, 0.2) is 18.2 Å². The Hall–Kier alpha value is -1.06. The molecule has 0 bridgehead atoms. The zero-order valence-corrected chi connectivity index (χ0v) is 12.2. The number of methoxy groups -OCH3 is 1. The lowest BCUT2D eigenvalue weighted by atomic mass is 9.95. The summed E-state index contributed by atoms with van der Waals surface area (Å²) in [6, 6.07) is 6.84. The molecule has 18 heavy (non-hydrogen) atoms. The highest BCUT2D eigenvalue weighted by Crippen LogP contribution is 2.31. The maximum Gasteiger partial charge on any atom is 0.122 e. The van der Waals surface area contributed by atoms with E-state index in [1.807, 2.05) is 0 Å². The molecule has 0 aliphatic carbocycles. The highest BCUT2D eigenvalue weighted by Gasteiger charge is 2.16. The van der Waals surface area contributed by atoms with Crippen LogP contribution in [0.3, 0.4) is 0 Å². The van der Waals surface area contributed by atoms with Crippen molar-refractivity contribution in [1.82, 2.24) is 4.90 Å². The maximum atomic E-state index is 5.71. The summed E-state index contributed by atoms with van der Waals surface area (Å²) in [6.45, 7) is 5.08. The molecule has 1 atom stereocenters. The van der Waals surface area contributed by atoms with Gasteiger partial charge in [0.05, 0.1) is 7.11 Å². The van der Waals surface area contributed by atoms with Crippen LogP contribution in [0.1, 0.15) is 43.4 Å². The molecule has 1 rings (SSSR count). The van der Waals surface area contributed by atoms with Crippen LogP contribution in [-0.4, -0.2) is 32.6 Å². The molecule has 0 heterocycles. The van der Waals surface area contributed by atoms with Gasteiger partial charge in [-0.1, -0.05) is 26.0 Å². The predicted octanol–water partition coefficient (Wildman–Crippen LogP) is 2.77. The first-order valence-corrected chi connectivity index (χ1v) is 6.55. The smallest absolute Gasteiger partial charge is 0.122 e. The molecule has 1 aromatic carbocycles. The van der Waals surface area contributed by atoms with Gasteiger partial charge in [-0.05, 0) is 50.2 Å². The second-order valence-electron chi connectivity index (χ2n) is 5.21. The summed E-state index contributed by atoms with van der Waals surface area (Å²) in [5.41, 5.74) is 8.28. The van der Waals surface area contributed by atoms with E-state index in [0.29, 0.717) is 18.5 Å². The van der Waals surface area contributed by atoms with Crippen molar-refractivity contribution in [3.63, 3.8) is 0 Å². The number of rotatable bonds is 6. The number of hydrogen-bond donors (Lipinski definition) is 1. The summed E-state index contributed by atoms with van der Waals surface area (Å²) >= 11 is 0. The van der Waals surface area contributed by atoms with E-state index >= 15 is 0 Å². The monoisotopic (exact) mass is 250 g/mol. The minimum atomic E-state index is 0.374. The van der Waals surface area contributed by atoms with E-state index in [1.165, 1.54) is 11.1 Å². The molecule has 102 valence electrons. The van der Waals surface area contributed by atoms with Crippen LogP contribution >= 0.6 is 0 Å². The third kappa shape index (κ3) is 3.47. The molecule has 3 nitrogen and oxygen atoms in total. The third-order valence-electron chi connectivity index (χ3n) is 3.32. The van der Waals surface area contributed by atoms with Gasteiger partial charge in [0, 0.05) is 6.04 Å². The van der Waals surface area contributed by atoms with Gasteiger partial charge in [0.2, 0.25) is 0 Å². The first kappa shape index (κ1) is 15.0. The second-order valence-corrected chi connectivity index (χ2v) is 5.21. The van der Waals surface area contributed by atoms with E-state index in [9.17, 15) is 0 Å². The predicted molar refractivity (Wildman–Crippen MR) is 77.2 cm³/mol. The number of benzene rings is 1. The molecular formula is C15H26N2O. The van der Waals surface area contributed by atoms with Crippen LogP contribution in [0.4, 0.5) is 0 Å². The summed E-state index contributed by atoms with van der Waals surface area (Å²) in [5.74, 6) is 1.43. The van der Waals surface area contributed by atoms with Crippen molar-refractivity contribution in [3.8, 4) is 5.75 Å². The first-order chi connectivity index (χ1) is 8.51. The average molecular weight is 250 g/mol. The Morgan fingerprint density at radius 3 is 2.39 bits per heavy atom. The van der Waals surface area contributed by atoms with Gasteiger partial charge < -0.3 is 15.4 Å². The summed E-state index contributed by atoms with van der Waals surface area (Å²) < 4.78 is 5.42. The highest BCUT2D eigenvalue weighted by molar-refractivity contribution is 5.40. The van der Waals surface area contributed by atoms with Gasteiger partial charge >= 0.3 is 0 Å². The molecule has 0 radical (unpaired) electrons. The van der Waals surface area contributed by atoms with Crippen molar-refractivity contribution < 1.29 is 4.74 Å². The molecule has 2 N–H and O–H groups in total. The number of nitrogens with two attached hydrogens (primary N) is 1. The first-order valence-electron chi connectivity index (χ1n) is 6.55. The molecule has 3 heteroatoms. The van der Waals surface area contributed by atoms with E-state index < -0.39 is 0 Å². The quantitative estimate of drug-likeness (QED) is 0.843. The SMILES string of the molecule is COc1ccc(C(CCN)N(C)C)cc1C(C)C. The van der Waals surface area contributed by atoms with Crippen molar-refractivity contribution >= 4 is 0 Å². The standard InChI is InChI=1S/C15H26N2O/c1-11(2)13-10-12(6-7-15(13)18-5)14(8-9-16)17(3)4/h6-7,10-11,14H,8-9,16H2,1-5H3. The van der Waals surface area contributed by atoms with Crippen LogP contribution in [0.25, 0.3) is 0 Å². The van der Waals surface area contributed by atoms with Gasteiger partial charge in [-0.2, -0.15) is 0 Å². The molecule has 1 aromatic rings. The molecule has 0 saturated heterocycles. The normalized spacial score (nSPS) is 13.1. The van der Waals surface area contributed by atoms with E-state index in [2.05, 4.69) is 51.0 Å². The van der Waals surface area contributed by atoms with Crippen molar-refractivity contribution in [3.05, 3.63) is 29.3 Å². The van der Waals surface area contributed by atoms with Gasteiger partial charge in [0.1, 0.15) is 5.75 Å². The number of hydrogen-bond acceptors (Lipinski definition) is 3. The molecule has 0 amide bonds. The van der Waals surface area contributed by atoms with E-state index in [0.717, 1.165) is 12.2 Å². The van der Waals surface area contributed by atoms with Crippen molar-refractivity contribution in [1.29, 1.82) is 0 Å². The van der Waals surface area contributed by atoms with Gasteiger partial charge in [0.25, 0.3) is 0 Å². The van der Waals surface area contributed by atoms with E-state index in [1.54, 1.807) is 7.11 Å². The lowest BCUT2D eigenvalue weighted by Crippen LogP contribution is -2.23. The molecule has 0 spiro atoms. The Balaban J connectivity index is 3.12. The fourth-order valence-corrected chi connectivity index (χ4v) is 2.29. The molecule has 0 fully saturated rings. The highest BCUT2D eigenvalue weighted by atomic mass is 16.5. The summed E-state index contributed by atoms with van der Waals surface area (Å²) in [7, 11) is 5.92. The minimum absolute atomic E-state index is 0.374. The lowest BCUT2D eigenvalue weighted by Gasteiger charge is -2.25. The van der Waals surface area contributed by atoms with Crippen LogP contribution in [-0.2, 0) is 0 Å².